The Morgan fingerprint density at radius 1 is 1.00 bits per heavy atom. The maximum absolute atomic E-state index is 11.3. The second-order valence-electron chi connectivity index (χ2n) is 4.74. The second-order valence-corrected chi connectivity index (χ2v) is 4.74. The van der Waals surface area contributed by atoms with Crippen LogP contribution in [0.1, 0.15) is 18.0 Å². The first-order valence-electron chi connectivity index (χ1n) is 6.49. The lowest BCUT2D eigenvalue weighted by atomic mass is 10.0. The van der Waals surface area contributed by atoms with Crippen molar-refractivity contribution in [2.45, 2.75) is 18.5 Å². The van der Waals surface area contributed by atoms with Gasteiger partial charge in [0.2, 0.25) is 0 Å². The zero-order chi connectivity index (χ0) is 13.1. The van der Waals surface area contributed by atoms with Crippen LogP contribution in [0.3, 0.4) is 0 Å². The molecule has 1 aliphatic rings. The minimum Gasteiger partial charge on any atom is -0.301 e. The van der Waals surface area contributed by atoms with Crippen LogP contribution in [-0.4, -0.2) is 12.3 Å². The van der Waals surface area contributed by atoms with Crippen LogP contribution in [0, 0.1) is 0 Å². The molecule has 2 aromatic rings. The number of hydrogen-bond acceptors (Lipinski definition) is 3. The number of para-hydroxylation sites is 1. The van der Waals surface area contributed by atoms with E-state index in [-0.39, 0.29) is 12.1 Å². The van der Waals surface area contributed by atoms with Gasteiger partial charge >= 0.3 is 0 Å². The third kappa shape index (κ3) is 2.37. The monoisotopic (exact) mass is 252 g/mol. The van der Waals surface area contributed by atoms with Gasteiger partial charge in [-0.05, 0) is 24.1 Å². The van der Waals surface area contributed by atoms with Crippen molar-refractivity contribution < 1.29 is 4.79 Å². The number of carbonyl (C=O) groups is 1. The fourth-order valence-electron chi connectivity index (χ4n) is 2.53. The fourth-order valence-corrected chi connectivity index (χ4v) is 2.53. The second kappa shape index (κ2) is 5.24. The Morgan fingerprint density at radius 2 is 1.63 bits per heavy atom. The quantitative estimate of drug-likeness (QED) is 0.852. The lowest BCUT2D eigenvalue weighted by Crippen LogP contribution is -2.38. The first-order chi connectivity index (χ1) is 9.38. The Kier molecular flexibility index (Phi) is 3.29. The summed E-state index contributed by atoms with van der Waals surface area (Å²) in [4.78, 5) is 11.3. The summed E-state index contributed by atoms with van der Waals surface area (Å²) < 4.78 is 0. The summed E-state index contributed by atoms with van der Waals surface area (Å²) in [6, 6.07) is 20.3. The molecule has 0 aromatic heterocycles. The third-order valence-electron chi connectivity index (χ3n) is 3.50. The molecule has 0 spiro atoms. The third-order valence-corrected chi connectivity index (χ3v) is 3.50. The molecule has 0 aliphatic carbocycles. The number of hydrogen-bond donors (Lipinski definition) is 1. The van der Waals surface area contributed by atoms with Crippen LogP contribution < -0.4 is 10.4 Å². The van der Waals surface area contributed by atoms with Gasteiger partial charge in [-0.3, -0.25) is 5.01 Å². The van der Waals surface area contributed by atoms with Gasteiger partial charge in [-0.25, -0.2) is 5.43 Å². The molecule has 3 rings (SSSR count). The van der Waals surface area contributed by atoms with Crippen LogP contribution in [0.5, 0.6) is 0 Å². The zero-order valence-corrected chi connectivity index (χ0v) is 10.6. The van der Waals surface area contributed by atoms with E-state index in [0.717, 1.165) is 18.4 Å². The minimum atomic E-state index is -0.118. The molecule has 1 N–H and O–H groups in total. The molecular formula is C16H16N2O. The molecule has 0 amide bonds. The SMILES string of the molecule is O=CC1CC(c2ccccc2)NN1c1ccccc1. The van der Waals surface area contributed by atoms with Crippen LogP contribution in [0.15, 0.2) is 60.7 Å². The van der Waals surface area contributed by atoms with Crippen molar-refractivity contribution in [3.63, 3.8) is 0 Å². The van der Waals surface area contributed by atoms with E-state index in [4.69, 9.17) is 0 Å². The van der Waals surface area contributed by atoms with E-state index < -0.39 is 0 Å². The molecule has 0 radical (unpaired) electrons. The highest BCUT2D eigenvalue weighted by atomic mass is 16.1. The van der Waals surface area contributed by atoms with Gasteiger partial charge < -0.3 is 4.79 Å². The van der Waals surface area contributed by atoms with Crippen molar-refractivity contribution in [2.24, 2.45) is 0 Å². The van der Waals surface area contributed by atoms with E-state index in [1.165, 1.54) is 5.56 Å². The molecule has 2 aromatic carbocycles. The number of rotatable bonds is 3. The number of aldehydes is 1. The molecule has 3 nitrogen and oxygen atoms in total. The van der Waals surface area contributed by atoms with Gasteiger partial charge in [-0.2, -0.15) is 0 Å². The molecular weight excluding hydrogens is 236 g/mol. The van der Waals surface area contributed by atoms with Crippen molar-refractivity contribution >= 4 is 12.0 Å². The fraction of sp³-hybridized carbons (Fsp3) is 0.188. The van der Waals surface area contributed by atoms with Crippen molar-refractivity contribution in [3.8, 4) is 0 Å². The Labute approximate surface area is 112 Å². The molecule has 96 valence electrons. The smallest absolute Gasteiger partial charge is 0.144 e. The van der Waals surface area contributed by atoms with Gasteiger partial charge in [0.15, 0.2) is 0 Å². The Hall–Kier alpha value is -2.13. The normalized spacial score (nSPS) is 22.4. The summed E-state index contributed by atoms with van der Waals surface area (Å²) in [5.41, 5.74) is 5.67. The number of nitrogens with one attached hydrogen (secondary N) is 1. The van der Waals surface area contributed by atoms with Crippen molar-refractivity contribution in [1.29, 1.82) is 0 Å². The highest BCUT2D eigenvalue weighted by Gasteiger charge is 2.32. The van der Waals surface area contributed by atoms with Crippen molar-refractivity contribution in [3.05, 3.63) is 66.2 Å². The van der Waals surface area contributed by atoms with E-state index in [1.807, 2.05) is 53.5 Å². The molecule has 3 heteroatoms. The molecule has 19 heavy (non-hydrogen) atoms. The van der Waals surface area contributed by atoms with Crippen LogP contribution in [-0.2, 0) is 4.79 Å². The number of hydrazine groups is 1. The van der Waals surface area contributed by atoms with Gasteiger partial charge in [-0.1, -0.05) is 48.5 Å². The van der Waals surface area contributed by atoms with Crippen LogP contribution in [0.4, 0.5) is 5.69 Å². The Balaban J connectivity index is 1.85. The van der Waals surface area contributed by atoms with Gasteiger partial charge in [-0.15, -0.1) is 0 Å². The van der Waals surface area contributed by atoms with E-state index in [0.29, 0.717) is 0 Å². The van der Waals surface area contributed by atoms with Crippen LogP contribution in [0.2, 0.25) is 0 Å². The largest absolute Gasteiger partial charge is 0.301 e. The maximum Gasteiger partial charge on any atom is 0.144 e. The topological polar surface area (TPSA) is 32.3 Å². The molecule has 1 aliphatic heterocycles. The van der Waals surface area contributed by atoms with Gasteiger partial charge in [0, 0.05) is 0 Å². The molecule has 0 saturated carbocycles. The van der Waals surface area contributed by atoms with E-state index in [1.54, 1.807) is 0 Å². The average molecular weight is 252 g/mol. The Morgan fingerprint density at radius 3 is 2.26 bits per heavy atom. The number of carbonyl (C=O) groups excluding carboxylic acids is 1. The molecule has 0 bridgehead atoms. The number of benzene rings is 2. The average Bonchev–Trinajstić information content (AvgIpc) is 2.93. The molecule has 2 unspecified atom stereocenters. The lowest BCUT2D eigenvalue weighted by molar-refractivity contribution is -0.108. The maximum atomic E-state index is 11.3. The van der Waals surface area contributed by atoms with Gasteiger partial charge in [0.1, 0.15) is 12.3 Å². The van der Waals surface area contributed by atoms with Crippen molar-refractivity contribution in [1.82, 2.24) is 5.43 Å². The molecule has 1 saturated heterocycles. The predicted octanol–water partition coefficient (Wildman–Crippen LogP) is 2.71. The zero-order valence-electron chi connectivity index (χ0n) is 10.6. The van der Waals surface area contributed by atoms with Crippen molar-refractivity contribution in [2.75, 3.05) is 5.01 Å². The summed E-state index contributed by atoms with van der Waals surface area (Å²) in [6.45, 7) is 0. The predicted molar refractivity (Wildman–Crippen MR) is 75.7 cm³/mol. The minimum absolute atomic E-state index is 0.118. The van der Waals surface area contributed by atoms with E-state index >= 15 is 0 Å². The number of nitrogens with zero attached hydrogens (tertiary/aromatic N) is 1. The molecule has 1 heterocycles. The summed E-state index contributed by atoms with van der Waals surface area (Å²) in [5, 5.41) is 1.96. The number of anilines is 1. The summed E-state index contributed by atoms with van der Waals surface area (Å²) in [7, 11) is 0. The highest BCUT2D eigenvalue weighted by molar-refractivity contribution is 5.67. The summed E-state index contributed by atoms with van der Waals surface area (Å²) in [6.07, 6.45) is 1.81. The van der Waals surface area contributed by atoms with Crippen LogP contribution in [0.25, 0.3) is 0 Å². The van der Waals surface area contributed by atoms with E-state index in [2.05, 4.69) is 17.6 Å². The van der Waals surface area contributed by atoms with Crippen LogP contribution >= 0.6 is 0 Å². The summed E-state index contributed by atoms with van der Waals surface area (Å²) in [5.74, 6) is 0. The molecule has 2 atom stereocenters. The van der Waals surface area contributed by atoms with E-state index in [9.17, 15) is 4.79 Å². The first-order valence-corrected chi connectivity index (χ1v) is 6.49. The molecule has 1 fully saturated rings. The van der Waals surface area contributed by atoms with Gasteiger partial charge in [0.05, 0.1) is 11.7 Å². The summed E-state index contributed by atoms with van der Waals surface area (Å²) >= 11 is 0. The first kappa shape index (κ1) is 11.9. The standard InChI is InChI=1S/C16H16N2O/c19-12-15-11-16(13-7-3-1-4-8-13)17-18(15)14-9-5-2-6-10-14/h1-10,12,15-17H,11H2. The Bertz CT molecular complexity index is 541. The highest BCUT2D eigenvalue weighted by Crippen LogP contribution is 2.30. The lowest BCUT2D eigenvalue weighted by Gasteiger charge is -2.23. The van der Waals surface area contributed by atoms with Gasteiger partial charge in [0.25, 0.3) is 0 Å².